The zero-order chi connectivity index (χ0) is 21.7. The van der Waals surface area contributed by atoms with E-state index in [1.807, 2.05) is 37.3 Å². The van der Waals surface area contributed by atoms with Crippen LogP contribution < -0.4 is 10.4 Å². The van der Waals surface area contributed by atoms with Crippen LogP contribution in [0, 0.1) is 5.41 Å². The molecule has 3 rings (SSSR count). The number of ether oxygens (including phenoxy) is 2. The molecule has 6 heteroatoms. The van der Waals surface area contributed by atoms with Gasteiger partial charge in [-0.1, -0.05) is 37.3 Å². The normalized spacial score (nSPS) is 12.5. The zero-order valence-corrected chi connectivity index (χ0v) is 17.4. The van der Waals surface area contributed by atoms with Crippen molar-refractivity contribution in [1.29, 1.82) is 0 Å². The van der Waals surface area contributed by atoms with E-state index in [9.17, 15) is 14.7 Å². The van der Waals surface area contributed by atoms with Gasteiger partial charge in [-0.15, -0.1) is 0 Å². The highest BCUT2D eigenvalue weighted by molar-refractivity contribution is 5.82. The van der Waals surface area contributed by atoms with Crippen molar-refractivity contribution in [3.8, 4) is 16.9 Å². The van der Waals surface area contributed by atoms with E-state index in [0.29, 0.717) is 23.3 Å². The second kappa shape index (κ2) is 9.13. The average Bonchev–Trinajstić information content (AvgIpc) is 2.75. The first-order chi connectivity index (χ1) is 14.3. The Hall–Kier alpha value is -3.12. The Kier molecular flexibility index (Phi) is 6.57. The summed E-state index contributed by atoms with van der Waals surface area (Å²) in [6.07, 6.45) is -0.322. The molecule has 0 aliphatic rings. The fourth-order valence-corrected chi connectivity index (χ4v) is 2.75. The molecule has 3 aromatic rings. The van der Waals surface area contributed by atoms with E-state index >= 15 is 0 Å². The highest BCUT2D eigenvalue weighted by atomic mass is 16.5. The Labute approximate surface area is 175 Å². The minimum atomic E-state index is -0.968. The maximum Gasteiger partial charge on any atom is 0.344 e. The lowest BCUT2D eigenvalue weighted by atomic mass is 9.91. The highest BCUT2D eigenvalue weighted by Gasteiger charge is 2.27. The Morgan fingerprint density at radius 1 is 1.10 bits per heavy atom. The molecule has 30 heavy (non-hydrogen) atoms. The van der Waals surface area contributed by atoms with E-state index in [4.69, 9.17) is 13.9 Å². The van der Waals surface area contributed by atoms with Crippen molar-refractivity contribution >= 4 is 16.9 Å². The van der Waals surface area contributed by atoms with Gasteiger partial charge in [-0.2, -0.15) is 0 Å². The zero-order valence-electron chi connectivity index (χ0n) is 17.4. The fraction of sp³-hybridized carbons (Fsp3) is 0.333. The van der Waals surface area contributed by atoms with E-state index in [0.717, 1.165) is 10.9 Å². The Balaban J connectivity index is 1.65. The van der Waals surface area contributed by atoms with Crippen LogP contribution in [0.1, 0.15) is 27.2 Å². The van der Waals surface area contributed by atoms with Crippen LogP contribution >= 0.6 is 0 Å². The number of aliphatic hydroxyl groups is 1. The van der Waals surface area contributed by atoms with Gasteiger partial charge in [0.15, 0.2) is 0 Å². The van der Waals surface area contributed by atoms with Gasteiger partial charge < -0.3 is 19.0 Å². The van der Waals surface area contributed by atoms with Crippen LogP contribution in [0.4, 0.5) is 0 Å². The molecular formula is C24H26O6. The van der Waals surface area contributed by atoms with Gasteiger partial charge in [-0.3, -0.25) is 4.79 Å². The topological polar surface area (TPSA) is 86.0 Å². The lowest BCUT2D eigenvalue weighted by molar-refractivity contribution is -0.157. The van der Waals surface area contributed by atoms with Crippen LogP contribution in [0.25, 0.3) is 22.1 Å². The van der Waals surface area contributed by atoms with Crippen molar-refractivity contribution in [3.63, 3.8) is 0 Å². The largest absolute Gasteiger partial charge is 0.491 e. The minimum Gasteiger partial charge on any atom is -0.491 e. The van der Waals surface area contributed by atoms with E-state index in [1.165, 1.54) is 0 Å². The molecule has 6 nitrogen and oxygen atoms in total. The number of fused-ring (bicyclic) bond motifs is 1. The molecule has 0 radical (unpaired) electrons. The molecular weight excluding hydrogens is 384 g/mol. The Bertz CT molecular complexity index is 1070. The van der Waals surface area contributed by atoms with Gasteiger partial charge in [0.1, 0.15) is 30.7 Å². The van der Waals surface area contributed by atoms with E-state index in [-0.39, 0.29) is 19.2 Å². The van der Waals surface area contributed by atoms with Gasteiger partial charge >= 0.3 is 11.6 Å². The predicted octanol–water partition coefficient (Wildman–Crippen LogP) is 4.18. The first-order valence-corrected chi connectivity index (χ1v) is 9.91. The molecule has 0 saturated carbocycles. The van der Waals surface area contributed by atoms with Crippen LogP contribution in [0.15, 0.2) is 63.8 Å². The monoisotopic (exact) mass is 410 g/mol. The average molecular weight is 410 g/mol. The molecule has 0 bridgehead atoms. The van der Waals surface area contributed by atoms with Crippen molar-refractivity contribution in [2.45, 2.75) is 33.3 Å². The van der Waals surface area contributed by atoms with E-state index < -0.39 is 17.1 Å². The first kappa shape index (κ1) is 21.6. The van der Waals surface area contributed by atoms with E-state index in [1.54, 1.807) is 38.1 Å². The van der Waals surface area contributed by atoms with Crippen LogP contribution in [0.2, 0.25) is 0 Å². The van der Waals surface area contributed by atoms with Crippen molar-refractivity contribution in [3.05, 3.63) is 65.0 Å². The number of hydrogen-bond donors (Lipinski definition) is 1. The molecule has 1 aromatic heterocycles. The maximum absolute atomic E-state index is 12.4. The minimum absolute atomic E-state index is 0.0579. The molecule has 158 valence electrons. The summed E-state index contributed by atoms with van der Waals surface area (Å²) < 4.78 is 16.2. The van der Waals surface area contributed by atoms with Gasteiger partial charge in [0.25, 0.3) is 0 Å². The third-order valence-corrected chi connectivity index (χ3v) is 5.08. The van der Waals surface area contributed by atoms with Crippen LogP contribution in [0.3, 0.4) is 0 Å². The van der Waals surface area contributed by atoms with Gasteiger partial charge in [0, 0.05) is 11.5 Å². The maximum atomic E-state index is 12.4. The van der Waals surface area contributed by atoms with Crippen LogP contribution in [-0.2, 0) is 9.53 Å². The van der Waals surface area contributed by atoms with Gasteiger partial charge in [-0.05, 0) is 44.0 Å². The third kappa shape index (κ3) is 5.07. The number of carbonyl (C=O) groups excluding carboxylic acids is 1. The number of rotatable bonds is 8. The van der Waals surface area contributed by atoms with Crippen molar-refractivity contribution < 1.29 is 23.8 Å². The summed E-state index contributed by atoms with van der Waals surface area (Å²) in [5, 5.41) is 10.8. The molecule has 1 atom stereocenters. The lowest BCUT2D eigenvalue weighted by Crippen LogP contribution is -2.31. The molecule has 2 aromatic carbocycles. The molecule has 0 aliphatic carbocycles. The van der Waals surface area contributed by atoms with Crippen LogP contribution in [0.5, 0.6) is 5.75 Å². The van der Waals surface area contributed by atoms with E-state index in [2.05, 4.69) is 0 Å². The van der Waals surface area contributed by atoms with Crippen LogP contribution in [-0.4, -0.2) is 30.4 Å². The molecule has 0 fully saturated rings. The van der Waals surface area contributed by atoms with Gasteiger partial charge in [0.05, 0.1) is 11.0 Å². The third-order valence-electron chi connectivity index (χ3n) is 5.08. The second-order valence-electron chi connectivity index (χ2n) is 7.81. The standard InChI is InChI=1S/C24H26O6/c1-4-24(2,3)23(27)29-15-18(25)14-28-19-11-10-17-12-20(16-8-6-5-7-9-16)22(26)30-21(17)13-19/h5-13,18,25H,4,14-15H2,1-3H3. The summed E-state index contributed by atoms with van der Waals surface area (Å²) in [5.74, 6) is 0.0862. The van der Waals surface area contributed by atoms with Gasteiger partial charge in [-0.25, -0.2) is 4.79 Å². The quantitative estimate of drug-likeness (QED) is 0.443. The Morgan fingerprint density at radius 2 is 1.83 bits per heavy atom. The summed E-state index contributed by atoms with van der Waals surface area (Å²) in [4.78, 5) is 24.3. The molecule has 0 amide bonds. The SMILES string of the molecule is CCC(C)(C)C(=O)OCC(O)COc1ccc2cc(-c3ccccc3)c(=O)oc2c1. The molecule has 1 heterocycles. The summed E-state index contributed by atoms with van der Waals surface area (Å²) in [7, 11) is 0. The summed E-state index contributed by atoms with van der Waals surface area (Å²) in [5.41, 5.74) is 0.648. The smallest absolute Gasteiger partial charge is 0.344 e. The molecule has 1 N–H and O–H groups in total. The Morgan fingerprint density at radius 3 is 2.53 bits per heavy atom. The number of hydrogen-bond acceptors (Lipinski definition) is 6. The fourth-order valence-electron chi connectivity index (χ4n) is 2.75. The predicted molar refractivity (Wildman–Crippen MR) is 114 cm³/mol. The van der Waals surface area contributed by atoms with Crippen molar-refractivity contribution in [2.75, 3.05) is 13.2 Å². The second-order valence-corrected chi connectivity index (χ2v) is 7.81. The number of aliphatic hydroxyl groups excluding tert-OH is 1. The molecule has 0 aliphatic heterocycles. The molecule has 0 saturated heterocycles. The summed E-state index contributed by atoms with van der Waals surface area (Å²) in [6, 6.07) is 16.2. The van der Waals surface area contributed by atoms with Crippen molar-refractivity contribution in [1.82, 2.24) is 0 Å². The number of benzene rings is 2. The van der Waals surface area contributed by atoms with Gasteiger partial charge in [0.2, 0.25) is 0 Å². The highest BCUT2D eigenvalue weighted by Crippen LogP contribution is 2.25. The molecule has 0 spiro atoms. The summed E-state index contributed by atoms with van der Waals surface area (Å²) in [6.45, 7) is 5.29. The first-order valence-electron chi connectivity index (χ1n) is 9.91. The number of carbonyl (C=O) groups is 1. The molecule has 1 unspecified atom stereocenters. The number of esters is 1. The summed E-state index contributed by atoms with van der Waals surface area (Å²) >= 11 is 0. The lowest BCUT2D eigenvalue weighted by Gasteiger charge is -2.21. The van der Waals surface area contributed by atoms with Crippen molar-refractivity contribution in [2.24, 2.45) is 5.41 Å².